The Balaban J connectivity index is 2.82. The van der Waals surface area contributed by atoms with Gasteiger partial charge in [0.15, 0.2) is 0 Å². The second kappa shape index (κ2) is 7.06. The van der Waals surface area contributed by atoms with Gasteiger partial charge in [-0.2, -0.15) is 0 Å². The zero-order valence-corrected chi connectivity index (χ0v) is 12.4. The highest BCUT2D eigenvalue weighted by molar-refractivity contribution is 5.69. The van der Waals surface area contributed by atoms with Crippen LogP contribution in [0, 0.1) is 5.82 Å². The molecule has 1 rings (SSSR count). The van der Waals surface area contributed by atoms with E-state index in [9.17, 15) is 14.0 Å². The summed E-state index contributed by atoms with van der Waals surface area (Å²) >= 11 is 0. The SMILES string of the molecule is CC(C)(C)OC(=O)N[C@@H](CCC(=O)O)c1cccc(F)c1. The number of carboxylic acid groups (broad SMARTS) is 1. The topological polar surface area (TPSA) is 75.6 Å². The minimum atomic E-state index is -0.984. The van der Waals surface area contributed by atoms with E-state index < -0.39 is 29.5 Å². The van der Waals surface area contributed by atoms with Crippen molar-refractivity contribution >= 4 is 12.1 Å². The molecule has 0 aliphatic rings. The van der Waals surface area contributed by atoms with Crippen LogP contribution in [0.4, 0.5) is 9.18 Å². The Morgan fingerprint density at radius 2 is 2.05 bits per heavy atom. The maximum Gasteiger partial charge on any atom is 0.408 e. The zero-order chi connectivity index (χ0) is 16.0. The summed E-state index contributed by atoms with van der Waals surface area (Å²) in [6, 6.07) is 5.07. The number of nitrogens with one attached hydrogen (secondary N) is 1. The summed E-state index contributed by atoms with van der Waals surface area (Å²) in [5.41, 5.74) is -0.161. The Hall–Kier alpha value is -2.11. The van der Waals surface area contributed by atoms with Gasteiger partial charge in [-0.25, -0.2) is 9.18 Å². The molecule has 0 unspecified atom stereocenters. The summed E-state index contributed by atoms with van der Waals surface area (Å²) in [7, 11) is 0. The molecule has 21 heavy (non-hydrogen) atoms. The van der Waals surface area contributed by atoms with Crippen molar-refractivity contribution in [1.82, 2.24) is 5.32 Å². The first kappa shape index (κ1) is 16.9. The Morgan fingerprint density at radius 1 is 1.38 bits per heavy atom. The number of aliphatic carboxylic acids is 1. The molecule has 1 aromatic rings. The second-order valence-electron chi connectivity index (χ2n) is 5.69. The minimum absolute atomic E-state index is 0.142. The number of carbonyl (C=O) groups excluding carboxylic acids is 1. The molecule has 0 saturated heterocycles. The summed E-state index contributed by atoms with van der Waals surface area (Å²) in [6.45, 7) is 5.17. The first-order valence-corrected chi connectivity index (χ1v) is 6.64. The maximum atomic E-state index is 13.3. The smallest absolute Gasteiger partial charge is 0.408 e. The average Bonchev–Trinajstić information content (AvgIpc) is 2.32. The van der Waals surface area contributed by atoms with Crippen LogP contribution >= 0.6 is 0 Å². The lowest BCUT2D eigenvalue weighted by Crippen LogP contribution is -2.35. The fraction of sp³-hybridized carbons (Fsp3) is 0.467. The van der Waals surface area contributed by atoms with Crippen molar-refractivity contribution in [2.75, 3.05) is 0 Å². The van der Waals surface area contributed by atoms with Gasteiger partial charge in [0.25, 0.3) is 0 Å². The highest BCUT2D eigenvalue weighted by Gasteiger charge is 2.21. The molecule has 6 heteroatoms. The normalized spacial score (nSPS) is 12.6. The Bertz CT molecular complexity index is 511. The molecule has 1 aromatic carbocycles. The third-order valence-electron chi connectivity index (χ3n) is 2.59. The molecule has 0 aliphatic carbocycles. The molecule has 2 N–H and O–H groups in total. The highest BCUT2D eigenvalue weighted by Crippen LogP contribution is 2.20. The lowest BCUT2D eigenvalue weighted by atomic mass is 10.0. The van der Waals surface area contributed by atoms with Crippen molar-refractivity contribution in [3.63, 3.8) is 0 Å². The quantitative estimate of drug-likeness (QED) is 0.874. The van der Waals surface area contributed by atoms with Crippen LogP contribution in [0.5, 0.6) is 0 Å². The van der Waals surface area contributed by atoms with Gasteiger partial charge in [-0.05, 0) is 44.9 Å². The predicted octanol–water partition coefficient (Wildman–Crippen LogP) is 3.26. The van der Waals surface area contributed by atoms with E-state index >= 15 is 0 Å². The van der Waals surface area contributed by atoms with Crippen LogP contribution in [0.3, 0.4) is 0 Å². The predicted molar refractivity (Wildman–Crippen MR) is 75.4 cm³/mol. The number of carboxylic acids is 1. The number of hydrogen-bond acceptors (Lipinski definition) is 3. The highest BCUT2D eigenvalue weighted by atomic mass is 19.1. The Kier molecular flexibility index (Phi) is 5.69. The third kappa shape index (κ3) is 6.74. The van der Waals surface area contributed by atoms with E-state index in [4.69, 9.17) is 9.84 Å². The Labute approximate surface area is 123 Å². The van der Waals surface area contributed by atoms with Crippen molar-refractivity contribution in [3.8, 4) is 0 Å². The van der Waals surface area contributed by atoms with Gasteiger partial charge in [-0.15, -0.1) is 0 Å². The molecule has 5 nitrogen and oxygen atoms in total. The summed E-state index contributed by atoms with van der Waals surface area (Å²) < 4.78 is 18.4. The first-order chi connectivity index (χ1) is 9.67. The van der Waals surface area contributed by atoms with Crippen LogP contribution in [0.2, 0.25) is 0 Å². The Morgan fingerprint density at radius 3 is 2.57 bits per heavy atom. The van der Waals surface area contributed by atoms with E-state index in [1.807, 2.05) is 0 Å². The third-order valence-corrected chi connectivity index (χ3v) is 2.59. The molecular formula is C15H20FNO4. The fourth-order valence-electron chi connectivity index (χ4n) is 1.76. The molecule has 0 aliphatic heterocycles. The molecule has 0 fully saturated rings. The van der Waals surface area contributed by atoms with Crippen molar-refractivity contribution in [3.05, 3.63) is 35.6 Å². The van der Waals surface area contributed by atoms with E-state index in [1.165, 1.54) is 18.2 Å². The minimum Gasteiger partial charge on any atom is -0.481 e. The summed E-state index contributed by atoms with van der Waals surface area (Å²) in [6.07, 6.45) is -0.656. The van der Waals surface area contributed by atoms with Crippen LogP contribution in [0.25, 0.3) is 0 Å². The fourth-order valence-corrected chi connectivity index (χ4v) is 1.76. The van der Waals surface area contributed by atoms with Gasteiger partial charge in [-0.1, -0.05) is 12.1 Å². The number of halogens is 1. The van der Waals surface area contributed by atoms with Gasteiger partial charge < -0.3 is 15.2 Å². The summed E-state index contributed by atoms with van der Waals surface area (Å²) in [5, 5.41) is 11.3. The van der Waals surface area contributed by atoms with Crippen LogP contribution in [0.1, 0.15) is 45.2 Å². The van der Waals surface area contributed by atoms with Crippen molar-refractivity contribution in [2.24, 2.45) is 0 Å². The standard InChI is InChI=1S/C15H20FNO4/c1-15(2,3)21-14(20)17-12(7-8-13(18)19)10-5-4-6-11(16)9-10/h4-6,9,12H,7-8H2,1-3H3,(H,17,20)(H,18,19)/t12-/m0/s1. The van der Waals surface area contributed by atoms with Crippen molar-refractivity contribution in [1.29, 1.82) is 0 Å². The van der Waals surface area contributed by atoms with Gasteiger partial charge >= 0.3 is 12.1 Å². The molecule has 1 atom stereocenters. The number of carbonyl (C=O) groups is 2. The monoisotopic (exact) mass is 297 g/mol. The van der Waals surface area contributed by atoms with Gasteiger partial charge in [0.2, 0.25) is 0 Å². The molecule has 0 radical (unpaired) electrons. The molecule has 116 valence electrons. The molecule has 0 bridgehead atoms. The van der Waals surface area contributed by atoms with Gasteiger partial charge in [0.1, 0.15) is 11.4 Å². The number of alkyl carbamates (subject to hydrolysis) is 1. The number of amides is 1. The van der Waals surface area contributed by atoms with Crippen LogP contribution in [-0.4, -0.2) is 22.8 Å². The van der Waals surface area contributed by atoms with E-state index in [2.05, 4.69) is 5.32 Å². The van der Waals surface area contributed by atoms with Crippen molar-refractivity contribution in [2.45, 2.75) is 45.3 Å². The van der Waals surface area contributed by atoms with Crippen LogP contribution in [0.15, 0.2) is 24.3 Å². The van der Waals surface area contributed by atoms with Gasteiger partial charge in [0.05, 0.1) is 6.04 Å². The van der Waals surface area contributed by atoms with E-state index in [1.54, 1.807) is 26.8 Å². The summed E-state index contributed by atoms with van der Waals surface area (Å²) in [5.74, 6) is -1.43. The van der Waals surface area contributed by atoms with Gasteiger partial charge in [-0.3, -0.25) is 4.79 Å². The van der Waals surface area contributed by atoms with Gasteiger partial charge in [0, 0.05) is 6.42 Å². The molecule has 0 spiro atoms. The largest absolute Gasteiger partial charge is 0.481 e. The number of rotatable bonds is 5. The molecule has 1 amide bonds. The first-order valence-electron chi connectivity index (χ1n) is 6.64. The lowest BCUT2D eigenvalue weighted by molar-refractivity contribution is -0.137. The average molecular weight is 297 g/mol. The number of hydrogen-bond donors (Lipinski definition) is 2. The number of benzene rings is 1. The number of ether oxygens (including phenoxy) is 1. The maximum absolute atomic E-state index is 13.3. The van der Waals surface area contributed by atoms with E-state index in [-0.39, 0.29) is 12.8 Å². The second-order valence-corrected chi connectivity index (χ2v) is 5.69. The molecule has 0 saturated carbocycles. The van der Waals surface area contributed by atoms with Crippen LogP contribution in [-0.2, 0) is 9.53 Å². The lowest BCUT2D eigenvalue weighted by Gasteiger charge is -2.23. The molecule has 0 aromatic heterocycles. The zero-order valence-electron chi connectivity index (χ0n) is 12.4. The molecule has 0 heterocycles. The summed E-state index contributed by atoms with van der Waals surface area (Å²) in [4.78, 5) is 22.5. The van der Waals surface area contributed by atoms with Crippen LogP contribution < -0.4 is 5.32 Å². The van der Waals surface area contributed by atoms with E-state index in [0.717, 1.165) is 0 Å². The molecular weight excluding hydrogens is 277 g/mol. The van der Waals surface area contributed by atoms with E-state index in [0.29, 0.717) is 5.56 Å². The van der Waals surface area contributed by atoms with Crippen molar-refractivity contribution < 1.29 is 23.8 Å².